The van der Waals surface area contributed by atoms with E-state index in [2.05, 4.69) is 0 Å². The predicted octanol–water partition coefficient (Wildman–Crippen LogP) is 1.11. The molecule has 0 aromatic carbocycles. The zero-order chi connectivity index (χ0) is 10.2. The van der Waals surface area contributed by atoms with Crippen molar-refractivity contribution in [3.8, 4) is 0 Å². The van der Waals surface area contributed by atoms with E-state index in [4.69, 9.17) is 0 Å². The lowest BCUT2D eigenvalue weighted by molar-refractivity contribution is -0.514. The van der Waals surface area contributed by atoms with Gasteiger partial charge in [-0.3, -0.25) is 0 Å². The first-order valence-corrected chi connectivity index (χ1v) is 7.53. The van der Waals surface area contributed by atoms with Crippen molar-refractivity contribution in [2.24, 2.45) is 0 Å². The predicted molar refractivity (Wildman–Crippen MR) is 56.0 cm³/mol. The maximum Gasteiger partial charge on any atom is 0.367 e. The monoisotopic (exact) mass is 232 g/mol. The van der Waals surface area contributed by atoms with Crippen molar-refractivity contribution in [2.75, 3.05) is 6.26 Å². The fraction of sp³-hybridized carbons (Fsp3) is 0.667. The van der Waals surface area contributed by atoms with Gasteiger partial charge in [0.1, 0.15) is 0 Å². The van der Waals surface area contributed by atoms with Crippen molar-refractivity contribution >= 4 is 21.4 Å². The third-order valence-corrected chi connectivity index (χ3v) is 4.77. The number of thiazole rings is 1. The first kappa shape index (κ1) is 10.1. The van der Waals surface area contributed by atoms with Crippen LogP contribution in [0.15, 0.2) is 5.51 Å². The fourth-order valence-corrected chi connectivity index (χ4v) is 4.21. The molecule has 78 valence electrons. The van der Waals surface area contributed by atoms with E-state index in [1.807, 2.05) is 0 Å². The van der Waals surface area contributed by atoms with Gasteiger partial charge >= 0.3 is 10.0 Å². The lowest BCUT2D eigenvalue weighted by Crippen LogP contribution is -2.43. The summed E-state index contributed by atoms with van der Waals surface area (Å²) < 4.78 is 24.4. The van der Waals surface area contributed by atoms with Gasteiger partial charge in [0.15, 0.2) is 0 Å². The van der Waals surface area contributed by atoms with Crippen LogP contribution < -0.4 is 3.97 Å². The maximum absolute atomic E-state index is 11.4. The Labute approximate surface area is 88.4 Å². The second-order valence-electron chi connectivity index (χ2n) is 3.71. The number of nitrogens with zero attached hydrogens (tertiary/aromatic N) is 1. The molecule has 1 aliphatic carbocycles. The van der Waals surface area contributed by atoms with E-state index in [1.54, 1.807) is 16.8 Å². The van der Waals surface area contributed by atoms with Crippen molar-refractivity contribution in [1.29, 1.82) is 0 Å². The van der Waals surface area contributed by atoms with Crippen molar-refractivity contribution in [1.82, 2.24) is 0 Å². The molecule has 0 aliphatic heterocycles. The van der Waals surface area contributed by atoms with Crippen molar-refractivity contribution in [3.05, 3.63) is 16.1 Å². The van der Waals surface area contributed by atoms with E-state index in [0.29, 0.717) is 0 Å². The van der Waals surface area contributed by atoms with Gasteiger partial charge in [-0.2, -0.15) is 8.42 Å². The minimum absolute atomic E-state index is 0.909. The van der Waals surface area contributed by atoms with Crippen LogP contribution in [0.25, 0.3) is 0 Å². The Hall–Kier alpha value is -0.420. The van der Waals surface area contributed by atoms with E-state index in [1.165, 1.54) is 27.9 Å². The number of rotatable bonds is 1. The largest absolute Gasteiger partial charge is 0.367 e. The molecule has 1 aromatic rings. The number of aryl methyl sites for hydroxylation is 1. The lowest BCUT2D eigenvalue weighted by atomic mass is 10.2. The number of hydrogen-bond acceptors (Lipinski definition) is 3. The molecular formula is C9H14NO2S2+. The Bertz CT molecular complexity index is 434. The van der Waals surface area contributed by atoms with Gasteiger partial charge in [-0.05, 0) is 19.3 Å². The van der Waals surface area contributed by atoms with Crippen LogP contribution in [0.5, 0.6) is 0 Å². The van der Waals surface area contributed by atoms with Crippen LogP contribution in [-0.4, -0.2) is 14.7 Å². The molecule has 1 heterocycles. The van der Waals surface area contributed by atoms with Crippen LogP contribution in [0.1, 0.15) is 29.8 Å². The summed E-state index contributed by atoms with van der Waals surface area (Å²) in [5.74, 6) is 0. The van der Waals surface area contributed by atoms with Gasteiger partial charge < -0.3 is 0 Å². The van der Waals surface area contributed by atoms with Gasteiger partial charge in [0.05, 0.1) is 11.1 Å². The Morgan fingerprint density at radius 1 is 1.29 bits per heavy atom. The summed E-state index contributed by atoms with van der Waals surface area (Å²) in [6, 6.07) is 0. The minimum atomic E-state index is -3.09. The van der Waals surface area contributed by atoms with Gasteiger partial charge in [0, 0.05) is 6.42 Å². The number of aromatic nitrogens is 1. The van der Waals surface area contributed by atoms with Gasteiger partial charge in [0.25, 0.3) is 0 Å². The van der Waals surface area contributed by atoms with Gasteiger partial charge in [-0.25, -0.2) is 0 Å². The van der Waals surface area contributed by atoms with Crippen LogP contribution in [0.2, 0.25) is 0 Å². The third-order valence-electron chi connectivity index (χ3n) is 2.55. The normalized spacial score (nSPS) is 17.5. The van der Waals surface area contributed by atoms with Crippen LogP contribution in [0.3, 0.4) is 0 Å². The van der Waals surface area contributed by atoms with Crippen LogP contribution in [0, 0.1) is 0 Å². The van der Waals surface area contributed by atoms with Crippen molar-refractivity contribution in [2.45, 2.75) is 32.1 Å². The van der Waals surface area contributed by atoms with E-state index in [9.17, 15) is 8.42 Å². The number of hydrogen-bond donors (Lipinski definition) is 0. The van der Waals surface area contributed by atoms with Gasteiger partial charge in [0.2, 0.25) is 11.2 Å². The second kappa shape index (κ2) is 3.62. The van der Waals surface area contributed by atoms with Crippen LogP contribution >= 0.6 is 11.3 Å². The summed E-state index contributed by atoms with van der Waals surface area (Å²) in [6.07, 6.45) is 6.74. The molecule has 0 saturated heterocycles. The zero-order valence-electron chi connectivity index (χ0n) is 8.19. The summed E-state index contributed by atoms with van der Waals surface area (Å²) in [6.45, 7) is 0. The smallest absolute Gasteiger partial charge is 0.163 e. The second-order valence-corrected chi connectivity index (χ2v) is 6.51. The van der Waals surface area contributed by atoms with Crippen LogP contribution in [-0.2, 0) is 22.9 Å². The summed E-state index contributed by atoms with van der Waals surface area (Å²) in [7, 11) is -3.09. The Morgan fingerprint density at radius 2 is 2.00 bits per heavy atom. The summed E-state index contributed by atoms with van der Waals surface area (Å²) in [5, 5.41) is 0. The molecule has 1 aromatic heterocycles. The summed E-state index contributed by atoms with van der Waals surface area (Å²) >= 11 is 1.58. The van der Waals surface area contributed by atoms with Crippen LogP contribution in [0.4, 0.5) is 0 Å². The molecule has 0 N–H and O–H groups in total. The van der Waals surface area contributed by atoms with E-state index in [0.717, 1.165) is 25.0 Å². The Balaban J connectivity index is 2.50. The highest BCUT2D eigenvalue weighted by atomic mass is 32.2. The molecule has 0 saturated carbocycles. The molecule has 0 atom stereocenters. The molecule has 1 aliphatic rings. The highest BCUT2D eigenvalue weighted by Crippen LogP contribution is 2.22. The third kappa shape index (κ3) is 1.83. The number of fused-ring (bicyclic) bond motifs is 1. The average Bonchev–Trinajstić information content (AvgIpc) is 2.36. The molecule has 14 heavy (non-hydrogen) atoms. The molecular weight excluding hydrogens is 218 g/mol. The Kier molecular flexibility index (Phi) is 2.62. The summed E-state index contributed by atoms with van der Waals surface area (Å²) in [5.41, 5.74) is 2.75. The maximum atomic E-state index is 11.4. The van der Waals surface area contributed by atoms with Crippen molar-refractivity contribution < 1.29 is 12.4 Å². The van der Waals surface area contributed by atoms with Gasteiger partial charge in [-0.15, -0.1) is 0 Å². The quantitative estimate of drug-likeness (QED) is 0.537. The minimum Gasteiger partial charge on any atom is -0.163 e. The van der Waals surface area contributed by atoms with E-state index >= 15 is 0 Å². The van der Waals surface area contributed by atoms with E-state index < -0.39 is 10.0 Å². The lowest BCUT2D eigenvalue weighted by Gasteiger charge is -1.94. The highest BCUT2D eigenvalue weighted by Gasteiger charge is 2.27. The topological polar surface area (TPSA) is 38.0 Å². The molecule has 0 spiro atoms. The molecule has 0 bridgehead atoms. The first-order valence-electron chi connectivity index (χ1n) is 4.80. The standard InChI is InChI=1S/C9H14NO2S2/c1-14(11,12)10-7-13-9-6-4-2-3-5-8(9)10/h7H,2-6H2,1H3/q+1. The molecule has 0 unspecified atom stereocenters. The van der Waals surface area contributed by atoms with Crippen molar-refractivity contribution in [3.63, 3.8) is 0 Å². The average molecular weight is 232 g/mol. The molecule has 5 heteroatoms. The highest BCUT2D eigenvalue weighted by molar-refractivity contribution is 7.84. The zero-order valence-corrected chi connectivity index (χ0v) is 9.83. The SMILES string of the molecule is CS(=O)(=O)[n+]1csc2c1CCCCC2. The fourth-order valence-electron chi connectivity index (χ4n) is 1.85. The van der Waals surface area contributed by atoms with Gasteiger partial charge in [-0.1, -0.05) is 21.7 Å². The molecule has 0 radical (unpaired) electrons. The molecule has 3 nitrogen and oxygen atoms in total. The molecule has 0 fully saturated rings. The van der Waals surface area contributed by atoms with E-state index in [-0.39, 0.29) is 0 Å². The summed E-state index contributed by atoms with van der Waals surface area (Å²) in [4.78, 5) is 1.26. The molecule has 2 rings (SSSR count). The molecule has 0 amide bonds. The first-order chi connectivity index (χ1) is 6.59. The Morgan fingerprint density at radius 3 is 2.71 bits per heavy atom.